The summed E-state index contributed by atoms with van der Waals surface area (Å²) in [6.45, 7) is 4.08. The van der Waals surface area contributed by atoms with Gasteiger partial charge in [0.15, 0.2) is 0 Å². The van der Waals surface area contributed by atoms with Gasteiger partial charge in [0, 0.05) is 0 Å². The molecule has 0 aromatic carbocycles. The summed E-state index contributed by atoms with van der Waals surface area (Å²) in [5.74, 6) is 0. The number of rotatable bonds is 8. The molecule has 4 nitrogen and oxygen atoms in total. The van der Waals surface area contributed by atoms with E-state index in [1.54, 1.807) is 6.92 Å². The van der Waals surface area contributed by atoms with Crippen molar-refractivity contribution in [3.05, 3.63) is 0 Å². The molecule has 0 amide bonds. The lowest BCUT2D eigenvalue weighted by Crippen LogP contribution is -2.08. The van der Waals surface area contributed by atoms with Crippen LogP contribution in [0.1, 0.15) is 39.5 Å². The van der Waals surface area contributed by atoms with Crippen molar-refractivity contribution in [2.24, 2.45) is 0 Å². The Morgan fingerprint density at radius 1 is 1.15 bits per heavy atom. The number of unbranched alkanes of at least 4 members (excludes halogenated alkanes) is 3. The molecule has 1 atom stereocenters. The maximum Gasteiger partial charge on any atom is 0.267 e. The molecule has 0 radical (unpaired) electrons. The summed E-state index contributed by atoms with van der Waals surface area (Å²) in [7, 11) is -3.99. The average Bonchev–Trinajstić information content (AvgIpc) is 2.04. The summed E-state index contributed by atoms with van der Waals surface area (Å²) in [6.07, 6.45) is 4.01. The summed E-state index contributed by atoms with van der Waals surface area (Å²) in [6, 6.07) is 0. The number of phosphoric ester groups is 1. The summed E-state index contributed by atoms with van der Waals surface area (Å²) in [4.78, 5) is 10.8. The molecule has 0 aliphatic carbocycles. The molecule has 0 aliphatic heterocycles. The molecule has 0 N–H and O–H groups in total. The van der Waals surface area contributed by atoms with Crippen LogP contribution in [0.3, 0.4) is 0 Å². The Balaban J connectivity index is 3.35. The minimum Gasteiger partial charge on any atom is -0.756 e. The maximum absolute atomic E-state index is 10.8. The average molecular weight is 209 g/mol. The van der Waals surface area contributed by atoms with E-state index in [1.165, 1.54) is 0 Å². The lowest BCUT2D eigenvalue weighted by atomic mass is 10.2. The largest absolute Gasteiger partial charge is 0.756 e. The number of phosphoric acid groups is 1. The maximum atomic E-state index is 10.8. The molecule has 5 heteroatoms. The van der Waals surface area contributed by atoms with E-state index in [-0.39, 0.29) is 13.2 Å². The molecule has 13 heavy (non-hydrogen) atoms. The second-order valence-corrected chi connectivity index (χ2v) is 4.17. The second kappa shape index (κ2) is 7.51. The lowest BCUT2D eigenvalue weighted by Gasteiger charge is -2.21. The first kappa shape index (κ1) is 13.1. The highest BCUT2D eigenvalue weighted by Crippen LogP contribution is 2.37. The molecule has 0 aliphatic rings. The van der Waals surface area contributed by atoms with Crippen LogP contribution in [0.25, 0.3) is 0 Å². The zero-order valence-corrected chi connectivity index (χ0v) is 9.22. The molecule has 0 spiro atoms. The summed E-state index contributed by atoms with van der Waals surface area (Å²) >= 11 is 0. The SMILES string of the molecule is CCCCCCOP(=O)([O-])OCC. The molecule has 80 valence electrons. The Morgan fingerprint density at radius 3 is 2.38 bits per heavy atom. The van der Waals surface area contributed by atoms with E-state index in [4.69, 9.17) is 0 Å². The van der Waals surface area contributed by atoms with Crippen LogP contribution in [0.4, 0.5) is 0 Å². The van der Waals surface area contributed by atoms with E-state index < -0.39 is 7.82 Å². The van der Waals surface area contributed by atoms with Gasteiger partial charge in [-0.25, -0.2) is 0 Å². The predicted molar refractivity (Wildman–Crippen MR) is 49.3 cm³/mol. The molecular weight excluding hydrogens is 191 g/mol. The topological polar surface area (TPSA) is 58.6 Å². The van der Waals surface area contributed by atoms with Gasteiger partial charge in [-0.3, -0.25) is 4.57 Å². The van der Waals surface area contributed by atoms with E-state index in [1.807, 2.05) is 0 Å². The van der Waals surface area contributed by atoms with E-state index in [2.05, 4.69) is 16.0 Å². The van der Waals surface area contributed by atoms with Crippen molar-refractivity contribution in [2.45, 2.75) is 39.5 Å². The summed E-state index contributed by atoms with van der Waals surface area (Å²) in [5.41, 5.74) is 0. The molecule has 1 unspecified atom stereocenters. The number of hydrogen-bond donors (Lipinski definition) is 0. The van der Waals surface area contributed by atoms with Gasteiger partial charge in [-0.1, -0.05) is 26.2 Å². The summed E-state index contributed by atoms with van der Waals surface area (Å²) in [5, 5.41) is 0. The first-order valence-corrected chi connectivity index (χ1v) is 6.18. The van der Waals surface area contributed by atoms with E-state index in [0.29, 0.717) is 0 Å². The first-order valence-electron chi connectivity index (χ1n) is 4.72. The van der Waals surface area contributed by atoms with Gasteiger partial charge in [-0.2, -0.15) is 0 Å². The fourth-order valence-corrected chi connectivity index (χ4v) is 1.64. The standard InChI is InChI=1S/C8H19O4P/c1-3-5-6-7-8-12-13(9,10)11-4-2/h3-8H2,1-2H3,(H,9,10)/p-1. The Kier molecular flexibility index (Phi) is 7.57. The first-order chi connectivity index (χ1) is 6.12. The van der Waals surface area contributed by atoms with Gasteiger partial charge < -0.3 is 13.9 Å². The van der Waals surface area contributed by atoms with Crippen molar-refractivity contribution in [1.82, 2.24) is 0 Å². The van der Waals surface area contributed by atoms with Crippen molar-refractivity contribution in [1.29, 1.82) is 0 Å². The van der Waals surface area contributed by atoms with E-state index >= 15 is 0 Å². The Labute approximate surface area is 79.9 Å². The smallest absolute Gasteiger partial charge is 0.267 e. The van der Waals surface area contributed by atoms with Gasteiger partial charge in [0.2, 0.25) is 0 Å². The zero-order chi connectivity index (χ0) is 10.2. The van der Waals surface area contributed by atoms with Crippen molar-refractivity contribution in [3.63, 3.8) is 0 Å². The second-order valence-electron chi connectivity index (χ2n) is 2.76. The van der Waals surface area contributed by atoms with Crippen molar-refractivity contribution >= 4 is 7.82 Å². The predicted octanol–water partition coefficient (Wildman–Crippen LogP) is 2.09. The van der Waals surface area contributed by atoms with E-state index in [9.17, 15) is 9.46 Å². The molecule has 0 bridgehead atoms. The third kappa shape index (κ3) is 8.44. The molecule has 0 saturated heterocycles. The van der Waals surface area contributed by atoms with Crippen LogP contribution >= 0.6 is 7.82 Å². The van der Waals surface area contributed by atoms with Crippen LogP contribution < -0.4 is 4.89 Å². The Bertz CT molecular complexity index is 160. The van der Waals surface area contributed by atoms with Crippen LogP contribution in [-0.4, -0.2) is 13.2 Å². The quantitative estimate of drug-likeness (QED) is 0.453. The van der Waals surface area contributed by atoms with Crippen LogP contribution in [0.5, 0.6) is 0 Å². The molecule has 0 aromatic heterocycles. The minimum absolute atomic E-state index is 0.135. The van der Waals surface area contributed by atoms with E-state index in [0.717, 1.165) is 25.7 Å². The van der Waals surface area contributed by atoms with Gasteiger partial charge >= 0.3 is 0 Å². The Hall–Kier alpha value is 0.110. The fourth-order valence-electron chi connectivity index (χ4n) is 0.901. The molecule has 0 rings (SSSR count). The van der Waals surface area contributed by atoms with Crippen LogP contribution in [0, 0.1) is 0 Å². The minimum atomic E-state index is -3.99. The molecule has 0 aromatic rings. The third-order valence-corrected chi connectivity index (χ3v) is 2.61. The molecule has 0 saturated carbocycles. The lowest BCUT2D eigenvalue weighted by molar-refractivity contribution is -0.225. The highest BCUT2D eigenvalue weighted by atomic mass is 31.2. The van der Waals surface area contributed by atoms with Gasteiger partial charge in [0.05, 0.1) is 13.2 Å². The molecule has 0 fully saturated rings. The van der Waals surface area contributed by atoms with Crippen LogP contribution in [0.2, 0.25) is 0 Å². The highest BCUT2D eigenvalue weighted by Gasteiger charge is 2.06. The van der Waals surface area contributed by atoms with Gasteiger partial charge in [0.1, 0.15) is 0 Å². The van der Waals surface area contributed by atoms with Crippen molar-refractivity contribution in [3.8, 4) is 0 Å². The number of hydrogen-bond acceptors (Lipinski definition) is 4. The highest BCUT2D eigenvalue weighted by molar-refractivity contribution is 7.45. The molecular formula is C8H18O4P-. The normalized spacial score (nSPS) is 15.6. The van der Waals surface area contributed by atoms with Gasteiger partial charge in [-0.05, 0) is 13.3 Å². The fraction of sp³-hybridized carbons (Fsp3) is 1.00. The van der Waals surface area contributed by atoms with Gasteiger partial charge in [0.25, 0.3) is 7.82 Å². The summed E-state index contributed by atoms with van der Waals surface area (Å²) < 4.78 is 19.9. The van der Waals surface area contributed by atoms with Crippen LogP contribution in [0.15, 0.2) is 0 Å². The third-order valence-electron chi connectivity index (χ3n) is 1.53. The van der Waals surface area contributed by atoms with Crippen molar-refractivity contribution < 1.29 is 18.5 Å². The zero-order valence-electron chi connectivity index (χ0n) is 8.32. The monoisotopic (exact) mass is 209 g/mol. The Morgan fingerprint density at radius 2 is 1.85 bits per heavy atom. The van der Waals surface area contributed by atoms with Crippen molar-refractivity contribution in [2.75, 3.05) is 13.2 Å². The van der Waals surface area contributed by atoms with Gasteiger partial charge in [-0.15, -0.1) is 0 Å². The van der Waals surface area contributed by atoms with Crippen LogP contribution in [-0.2, 0) is 13.6 Å². The molecule has 0 heterocycles.